The molecular formula is C15H16N4O. The van der Waals surface area contributed by atoms with E-state index in [0.29, 0.717) is 5.56 Å². The number of hydrogen-bond acceptors (Lipinski definition) is 3. The van der Waals surface area contributed by atoms with E-state index in [9.17, 15) is 5.11 Å². The molecule has 0 aliphatic heterocycles. The fourth-order valence-electron chi connectivity index (χ4n) is 2.35. The Bertz CT molecular complexity index is 770. The summed E-state index contributed by atoms with van der Waals surface area (Å²) >= 11 is 0. The summed E-state index contributed by atoms with van der Waals surface area (Å²) in [6.07, 6.45) is 0. The van der Waals surface area contributed by atoms with Crippen molar-refractivity contribution in [3.8, 4) is 22.8 Å². The van der Waals surface area contributed by atoms with Crippen LogP contribution in [0.4, 0.5) is 0 Å². The standard InChI is InChI=1S/C15H16N4O/c1-9-6-4-5-7-13(9)19-15(20)14(11(3)18-19)12-8-10(2)16-17-12/h4-8,20H,1-3H3,(H,16,17). The molecule has 1 aromatic carbocycles. The van der Waals surface area contributed by atoms with E-state index < -0.39 is 0 Å². The highest BCUT2D eigenvalue weighted by molar-refractivity contribution is 5.69. The second kappa shape index (κ2) is 4.52. The molecule has 5 heteroatoms. The molecule has 2 aromatic heterocycles. The van der Waals surface area contributed by atoms with E-state index in [1.54, 1.807) is 4.68 Å². The minimum atomic E-state index is 0.125. The van der Waals surface area contributed by atoms with Crippen molar-refractivity contribution in [2.75, 3.05) is 0 Å². The van der Waals surface area contributed by atoms with Crippen molar-refractivity contribution >= 4 is 0 Å². The van der Waals surface area contributed by atoms with Gasteiger partial charge >= 0.3 is 0 Å². The first-order valence-corrected chi connectivity index (χ1v) is 6.45. The fraction of sp³-hybridized carbons (Fsp3) is 0.200. The van der Waals surface area contributed by atoms with Crippen LogP contribution in [0.1, 0.15) is 17.0 Å². The summed E-state index contributed by atoms with van der Waals surface area (Å²) in [6, 6.07) is 9.71. The number of aromatic nitrogens is 4. The van der Waals surface area contributed by atoms with Crippen molar-refractivity contribution in [3.63, 3.8) is 0 Å². The average Bonchev–Trinajstić information content (AvgIpc) is 2.94. The number of aromatic hydroxyl groups is 1. The van der Waals surface area contributed by atoms with Crippen LogP contribution in [0.3, 0.4) is 0 Å². The largest absolute Gasteiger partial charge is 0.493 e. The molecule has 0 fully saturated rings. The van der Waals surface area contributed by atoms with Gasteiger partial charge in [-0.15, -0.1) is 0 Å². The zero-order chi connectivity index (χ0) is 14.3. The monoisotopic (exact) mass is 268 g/mol. The van der Waals surface area contributed by atoms with Crippen molar-refractivity contribution in [2.24, 2.45) is 0 Å². The molecule has 0 saturated heterocycles. The minimum Gasteiger partial charge on any atom is -0.493 e. The SMILES string of the molecule is Cc1cc(-c2c(C)nn(-c3ccccc3C)c2O)[nH]n1. The molecule has 0 unspecified atom stereocenters. The Morgan fingerprint density at radius 3 is 2.55 bits per heavy atom. The number of rotatable bonds is 2. The van der Waals surface area contributed by atoms with Crippen LogP contribution in [0.2, 0.25) is 0 Å². The number of H-pyrrole nitrogens is 1. The molecule has 102 valence electrons. The van der Waals surface area contributed by atoms with Gasteiger partial charge in [-0.1, -0.05) is 18.2 Å². The number of para-hydroxylation sites is 1. The molecule has 0 amide bonds. The lowest BCUT2D eigenvalue weighted by Gasteiger charge is -2.06. The van der Waals surface area contributed by atoms with Gasteiger partial charge < -0.3 is 5.11 Å². The maximum atomic E-state index is 10.5. The van der Waals surface area contributed by atoms with Crippen LogP contribution in [0, 0.1) is 20.8 Å². The predicted octanol–water partition coefficient (Wildman–Crippen LogP) is 2.89. The second-order valence-corrected chi connectivity index (χ2v) is 4.91. The molecule has 0 atom stereocenters. The van der Waals surface area contributed by atoms with Crippen molar-refractivity contribution < 1.29 is 5.11 Å². The average molecular weight is 268 g/mol. The summed E-state index contributed by atoms with van der Waals surface area (Å²) in [5.74, 6) is 0.125. The molecule has 0 aliphatic carbocycles. The quantitative estimate of drug-likeness (QED) is 0.751. The zero-order valence-electron chi connectivity index (χ0n) is 11.7. The van der Waals surface area contributed by atoms with E-state index >= 15 is 0 Å². The molecule has 0 spiro atoms. The summed E-state index contributed by atoms with van der Waals surface area (Å²) in [4.78, 5) is 0. The Labute approximate surface area is 116 Å². The molecule has 0 radical (unpaired) electrons. The number of aryl methyl sites for hydroxylation is 3. The third-order valence-corrected chi connectivity index (χ3v) is 3.35. The van der Waals surface area contributed by atoms with Gasteiger partial charge in [0.05, 0.1) is 28.3 Å². The first-order chi connectivity index (χ1) is 9.58. The fourth-order valence-corrected chi connectivity index (χ4v) is 2.35. The van der Waals surface area contributed by atoms with Gasteiger partial charge in [-0.2, -0.15) is 10.2 Å². The van der Waals surface area contributed by atoms with Gasteiger partial charge in [0.2, 0.25) is 5.88 Å². The summed E-state index contributed by atoms with van der Waals surface area (Å²) in [7, 11) is 0. The lowest BCUT2D eigenvalue weighted by atomic mass is 10.1. The van der Waals surface area contributed by atoms with E-state index in [2.05, 4.69) is 15.3 Å². The molecule has 0 bridgehead atoms. The van der Waals surface area contributed by atoms with E-state index in [-0.39, 0.29) is 5.88 Å². The van der Waals surface area contributed by atoms with Crippen LogP contribution in [-0.2, 0) is 0 Å². The highest BCUT2D eigenvalue weighted by atomic mass is 16.3. The van der Waals surface area contributed by atoms with E-state index in [0.717, 1.165) is 28.3 Å². The Balaban J connectivity index is 2.19. The normalized spacial score (nSPS) is 10.9. The highest BCUT2D eigenvalue weighted by Crippen LogP contribution is 2.33. The highest BCUT2D eigenvalue weighted by Gasteiger charge is 2.19. The number of nitrogens with one attached hydrogen (secondary N) is 1. The lowest BCUT2D eigenvalue weighted by Crippen LogP contribution is -1.98. The smallest absolute Gasteiger partial charge is 0.224 e. The Morgan fingerprint density at radius 2 is 1.90 bits per heavy atom. The minimum absolute atomic E-state index is 0.125. The summed E-state index contributed by atoms with van der Waals surface area (Å²) in [5.41, 5.74) is 5.02. The van der Waals surface area contributed by atoms with E-state index in [4.69, 9.17) is 0 Å². The third kappa shape index (κ3) is 1.87. The molecular weight excluding hydrogens is 252 g/mol. The number of benzene rings is 1. The summed E-state index contributed by atoms with van der Waals surface area (Å²) in [5, 5.41) is 22.0. The van der Waals surface area contributed by atoms with Crippen LogP contribution in [0.25, 0.3) is 16.9 Å². The predicted molar refractivity (Wildman–Crippen MR) is 77.0 cm³/mol. The van der Waals surface area contributed by atoms with Crippen LogP contribution < -0.4 is 0 Å². The topological polar surface area (TPSA) is 66.7 Å². The first kappa shape index (κ1) is 12.5. The molecule has 0 aliphatic rings. The van der Waals surface area contributed by atoms with Gasteiger partial charge in [0.15, 0.2) is 0 Å². The molecule has 20 heavy (non-hydrogen) atoms. The van der Waals surface area contributed by atoms with Crippen LogP contribution >= 0.6 is 0 Å². The maximum Gasteiger partial charge on any atom is 0.224 e. The Morgan fingerprint density at radius 1 is 1.15 bits per heavy atom. The zero-order valence-corrected chi connectivity index (χ0v) is 11.7. The van der Waals surface area contributed by atoms with Gasteiger partial charge in [-0.05, 0) is 38.5 Å². The van der Waals surface area contributed by atoms with Gasteiger partial charge in [-0.25, -0.2) is 4.68 Å². The Kier molecular flexibility index (Phi) is 2.82. The number of nitrogens with zero attached hydrogens (tertiary/aromatic N) is 3. The van der Waals surface area contributed by atoms with Gasteiger partial charge in [-0.3, -0.25) is 5.10 Å². The number of hydrogen-bond donors (Lipinski definition) is 2. The van der Waals surface area contributed by atoms with E-state index in [1.165, 1.54) is 0 Å². The Hall–Kier alpha value is -2.56. The van der Waals surface area contributed by atoms with Crippen LogP contribution in [0.15, 0.2) is 30.3 Å². The molecule has 5 nitrogen and oxygen atoms in total. The molecule has 3 rings (SSSR count). The molecule has 2 heterocycles. The first-order valence-electron chi connectivity index (χ1n) is 6.45. The third-order valence-electron chi connectivity index (χ3n) is 3.35. The molecule has 2 N–H and O–H groups in total. The van der Waals surface area contributed by atoms with E-state index in [1.807, 2.05) is 51.1 Å². The van der Waals surface area contributed by atoms with Crippen molar-refractivity contribution in [1.29, 1.82) is 0 Å². The summed E-state index contributed by atoms with van der Waals surface area (Å²) < 4.78 is 1.57. The van der Waals surface area contributed by atoms with Crippen molar-refractivity contribution in [3.05, 3.63) is 47.3 Å². The van der Waals surface area contributed by atoms with Gasteiger partial charge in [0.1, 0.15) is 0 Å². The number of aromatic amines is 1. The van der Waals surface area contributed by atoms with Gasteiger partial charge in [0.25, 0.3) is 0 Å². The maximum absolute atomic E-state index is 10.5. The molecule has 3 aromatic rings. The summed E-state index contributed by atoms with van der Waals surface area (Å²) in [6.45, 7) is 5.77. The van der Waals surface area contributed by atoms with Crippen molar-refractivity contribution in [1.82, 2.24) is 20.0 Å². The van der Waals surface area contributed by atoms with Crippen LogP contribution in [-0.4, -0.2) is 25.1 Å². The van der Waals surface area contributed by atoms with Crippen molar-refractivity contribution in [2.45, 2.75) is 20.8 Å². The van der Waals surface area contributed by atoms with Gasteiger partial charge in [0, 0.05) is 0 Å². The molecule has 0 saturated carbocycles. The van der Waals surface area contributed by atoms with Crippen LogP contribution in [0.5, 0.6) is 5.88 Å². The second-order valence-electron chi connectivity index (χ2n) is 4.91. The lowest BCUT2D eigenvalue weighted by molar-refractivity contribution is 0.435.